The Bertz CT molecular complexity index is 120. The number of methoxy groups -OCH3 is 1. The SMILES string of the molecule is CNC1NC(OC)CCC1N. The van der Waals surface area contributed by atoms with Crippen LogP contribution in [-0.2, 0) is 4.74 Å². The second kappa shape index (κ2) is 4.01. The molecule has 3 unspecified atom stereocenters. The first-order chi connectivity index (χ1) is 5.27. The summed E-state index contributed by atoms with van der Waals surface area (Å²) >= 11 is 0. The van der Waals surface area contributed by atoms with Gasteiger partial charge in [0.2, 0.25) is 0 Å². The summed E-state index contributed by atoms with van der Waals surface area (Å²) in [5, 5.41) is 6.35. The zero-order valence-electron chi connectivity index (χ0n) is 7.13. The maximum atomic E-state index is 5.83. The van der Waals surface area contributed by atoms with E-state index in [4.69, 9.17) is 10.5 Å². The molecule has 0 radical (unpaired) electrons. The van der Waals surface area contributed by atoms with E-state index < -0.39 is 0 Å². The topological polar surface area (TPSA) is 59.3 Å². The highest BCUT2D eigenvalue weighted by atomic mass is 16.5. The molecule has 0 spiro atoms. The first kappa shape index (κ1) is 8.93. The maximum Gasteiger partial charge on any atom is 0.109 e. The van der Waals surface area contributed by atoms with Crippen LogP contribution < -0.4 is 16.4 Å². The Morgan fingerprint density at radius 2 is 2.27 bits per heavy atom. The Kier molecular flexibility index (Phi) is 3.26. The lowest BCUT2D eigenvalue weighted by Gasteiger charge is -2.34. The number of likely N-dealkylation sites (N-methyl/N-ethyl adjacent to an activating group) is 1. The van der Waals surface area contributed by atoms with Gasteiger partial charge in [-0.05, 0) is 19.9 Å². The van der Waals surface area contributed by atoms with Gasteiger partial charge >= 0.3 is 0 Å². The van der Waals surface area contributed by atoms with Crippen molar-refractivity contribution in [3.05, 3.63) is 0 Å². The van der Waals surface area contributed by atoms with Crippen molar-refractivity contribution in [3.63, 3.8) is 0 Å². The monoisotopic (exact) mass is 159 g/mol. The van der Waals surface area contributed by atoms with Crippen LogP contribution in [0.5, 0.6) is 0 Å². The highest BCUT2D eigenvalue weighted by Gasteiger charge is 2.25. The number of hydrogen-bond acceptors (Lipinski definition) is 4. The van der Waals surface area contributed by atoms with E-state index in [1.807, 2.05) is 7.05 Å². The highest BCUT2D eigenvalue weighted by Crippen LogP contribution is 2.10. The van der Waals surface area contributed by atoms with E-state index in [2.05, 4.69) is 10.6 Å². The average molecular weight is 159 g/mol. The standard InChI is InChI=1S/C7H17N3O/c1-9-7-5(8)3-4-6(10-7)11-2/h5-7,9-10H,3-4,8H2,1-2H3. The van der Waals surface area contributed by atoms with Gasteiger partial charge in [0.15, 0.2) is 0 Å². The predicted molar refractivity (Wildman–Crippen MR) is 44.0 cm³/mol. The van der Waals surface area contributed by atoms with E-state index in [-0.39, 0.29) is 18.4 Å². The van der Waals surface area contributed by atoms with Crippen molar-refractivity contribution in [2.75, 3.05) is 14.2 Å². The van der Waals surface area contributed by atoms with Gasteiger partial charge in [-0.25, -0.2) is 0 Å². The molecule has 4 heteroatoms. The normalized spacial score (nSPS) is 39.0. The third-order valence-electron chi connectivity index (χ3n) is 2.15. The second-order valence-electron chi connectivity index (χ2n) is 2.90. The van der Waals surface area contributed by atoms with Gasteiger partial charge in [-0.15, -0.1) is 0 Å². The number of piperidine rings is 1. The van der Waals surface area contributed by atoms with Gasteiger partial charge in [-0.3, -0.25) is 5.32 Å². The van der Waals surface area contributed by atoms with E-state index in [0.29, 0.717) is 0 Å². The molecule has 0 aromatic carbocycles. The van der Waals surface area contributed by atoms with Crippen LogP contribution in [0, 0.1) is 0 Å². The largest absolute Gasteiger partial charge is 0.367 e. The summed E-state index contributed by atoms with van der Waals surface area (Å²) in [7, 11) is 3.61. The van der Waals surface area contributed by atoms with Crippen LogP contribution in [0.25, 0.3) is 0 Å². The molecule has 0 bridgehead atoms. The van der Waals surface area contributed by atoms with Crippen molar-refractivity contribution in [1.82, 2.24) is 10.6 Å². The molecule has 0 amide bonds. The summed E-state index contributed by atoms with van der Waals surface area (Å²) in [6, 6.07) is 0.200. The van der Waals surface area contributed by atoms with Gasteiger partial charge in [0.1, 0.15) is 6.23 Å². The molecule has 1 aliphatic rings. The van der Waals surface area contributed by atoms with Crippen molar-refractivity contribution in [1.29, 1.82) is 0 Å². The molecule has 11 heavy (non-hydrogen) atoms. The Balaban J connectivity index is 2.37. The van der Waals surface area contributed by atoms with Gasteiger partial charge < -0.3 is 15.8 Å². The molecule has 4 N–H and O–H groups in total. The van der Waals surface area contributed by atoms with Crippen molar-refractivity contribution in [3.8, 4) is 0 Å². The molecular weight excluding hydrogens is 142 g/mol. The Hall–Kier alpha value is -0.160. The van der Waals surface area contributed by atoms with E-state index in [1.165, 1.54) is 0 Å². The van der Waals surface area contributed by atoms with Crippen molar-refractivity contribution < 1.29 is 4.74 Å². The quantitative estimate of drug-likeness (QED) is 0.494. The van der Waals surface area contributed by atoms with E-state index in [1.54, 1.807) is 7.11 Å². The zero-order valence-corrected chi connectivity index (χ0v) is 7.13. The molecule has 3 atom stereocenters. The van der Waals surface area contributed by atoms with Gasteiger partial charge in [0.25, 0.3) is 0 Å². The van der Waals surface area contributed by atoms with Crippen LogP contribution in [0.1, 0.15) is 12.8 Å². The first-order valence-electron chi connectivity index (χ1n) is 3.99. The minimum absolute atomic E-state index is 0.159. The number of ether oxygens (including phenoxy) is 1. The lowest BCUT2D eigenvalue weighted by molar-refractivity contribution is 0.0258. The maximum absolute atomic E-state index is 5.83. The summed E-state index contributed by atoms with van der Waals surface area (Å²) in [6.45, 7) is 0. The fourth-order valence-corrected chi connectivity index (χ4v) is 1.40. The average Bonchev–Trinajstić information content (AvgIpc) is 2.05. The Morgan fingerprint density at radius 1 is 1.55 bits per heavy atom. The molecule has 0 aromatic heterocycles. The third-order valence-corrected chi connectivity index (χ3v) is 2.15. The van der Waals surface area contributed by atoms with Crippen molar-refractivity contribution in [2.45, 2.75) is 31.3 Å². The molecular formula is C7H17N3O. The number of nitrogens with two attached hydrogens (primary N) is 1. The lowest BCUT2D eigenvalue weighted by atomic mass is 10.0. The van der Waals surface area contributed by atoms with Crippen molar-refractivity contribution in [2.24, 2.45) is 5.73 Å². The summed E-state index contributed by atoms with van der Waals surface area (Å²) in [5.74, 6) is 0. The summed E-state index contributed by atoms with van der Waals surface area (Å²) in [5.41, 5.74) is 5.83. The molecule has 0 saturated carbocycles. The molecule has 0 aliphatic carbocycles. The molecule has 0 aromatic rings. The lowest BCUT2D eigenvalue weighted by Crippen LogP contribution is -2.60. The summed E-state index contributed by atoms with van der Waals surface area (Å²) in [4.78, 5) is 0. The van der Waals surface area contributed by atoms with E-state index >= 15 is 0 Å². The van der Waals surface area contributed by atoms with Crippen molar-refractivity contribution >= 4 is 0 Å². The van der Waals surface area contributed by atoms with Crippen LogP contribution in [0.4, 0.5) is 0 Å². The number of nitrogens with one attached hydrogen (secondary N) is 2. The fraction of sp³-hybridized carbons (Fsp3) is 1.00. The molecule has 1 heterocycles. The number of hydrogen-bond donors (Lipinski definition) is 3. The molecule has 1 rings (SSSR count). The second-order valence-corrected chi connectivity index (χ2v) is 2.90. The zero-order chi connectivity index (χ0) is 8.27. The summed E-state index contributed by atoms with van der Waals surface area (Å²) < 4.78 is 5.16. The molecule has 1 fully saturated rings. The molecule has 4 nitrogen and oxygen atoms in total. The third kappa shape index (κ3) is 2.13. The van der Waals surface area contributed by atoms with Gasteiger partial charge in [0.05, 0.1) is 6.17 Å². The van der Waals surface area contributed by atoms with E-state index in [9.17, 15) is 0 Å². The Morgan fingerprint density at radius 3 is 2.82 bits per heavy atom. The molecule has 1 aliphatic heterocycles. The van der Waals surface area contributed by atoms with Gasteiger partial charge in [0, 0.05) is 13.2 Å². The van der Waals surface area contributed by atoms with E-state index in [0.717, 1.165) is 12.8 Å². The summed E-state index contributed by atoms with van der Waals surface area (Å²) in [6.07, 6.45) is 2.35. The van der Waals surface area contributed by atoms with Gasteiger partial charge in [-0.2, -0.15) is 0 Å². The molecule has 1 saturated heterocycles. The predicted octanol–water partition coefficient (Wildman–Crippen LogP) is -0.785. The first-order valence-corrected chi connectivity index (χ1v) is 3.99. The molecule has 66 valence electrons. The van der Waals surface area contributed by atoms with Crippen LogP contribution in [0.3, 0.4) is 0 Å². The minimum atomic E-state index is 0.159. The number of rotatable bonds is 2. The van der Waals surface area contributed by atoms with Crippen LogP contribution in [0.15, 0.2) is 0 Å². The Labute approximate surface area is 67.5 Å². The van der Waals surface area contributed by atoms with Crippen LogP contribution >= 0.6 is 0 Å². The smallest absolute Gasteiger partial charge is 0.109 e. The fourth-order valence-electron chi connectivity index (χ4n) is 1.40. The van der Waals surface area contributed by atoms with Gasteiger partial charge in [-0.1, -0.05) is 0 Å². The van der Waals surface area contributed by atoms with Crippen LogP contribution in [-0.4, -0.2) is 32.6 Å². The highest BCUT2D eigenvalue weighted by molar-refractivity contribution is 4.83. The van der Waals surface area contributed by atoms with Crippen LogP contribution in [0.2, 0.25) is 0 Å². The minimum Gasteiger partial charge on any atom is -0.367 e.